The van der Waals surface area contributed by atoms with Gasteiger partial charge in [-0.1, -0.05) is 0 Å². The van der Waals surface area contributed by atoms with Crippen LogP contribution in [0.15, 0.2) is 17.8 Å². The molecule has 0 spiro atoms. The van der Waals surface area contributed by atoms with Crippen molar-refractivity contribution >= 4 is 29.1 Å². The molecular formula is C18H24N6O2S. The van der Waals surface area contributed by atoms with Crippen LogP contribution in [0.4, 0.5) is 11.6 Å². The zero-order chi connectivity index (χ0) is 18.6. The van der Waals surface area contributed by atoms with Crippen LogP contribution in [0.25, 0.3) is 0 Å². The van der Waals surface area contributed by atoms with Crippen molar-refractivity contribution in [2.75, 3.05) is 49.2 Å². The summed E-state index contributed by atoms with van der Waals surface area (Å²) in [6.45, 7) is 6.72. The second-order valence-corrected chi connectivity index (χ2v) is 7.54. The Morgan fingerprint density at radius 3 is 2.74 bits per heavy atom. The van der Waals surface area contributed by atoms with Gasteiger partial charge in [-0.2, -0.15) is 4.37 Å². The molecule has 2 saturated heterocycles. The molecule has 0 bridgehead atoms. The van der Waals surface area contributed by atoms with Gasteiger partial charge in [0.2, 0.25) is 0 Å². The van der Waals surface area contributed by atoms with E-state index in [0.29, 0.717) is 5.56 Å². The molecular weight excluding hydrogens is 364 g/mol. The summed E-state index contributed by atoms with van der Waals surface area (Å²) in [4.78, 5) is 25.9. The molecule has 1 amide bonds. The van der Waals surface area contributed by atoms with Gasteiger partial charge in [-0.15, -0.1) is 0 Å². The second kappa shape index (κ2) is 8.18. The van der Waals surface area contributed by atoms with Gasteiger partial charge in [0.05, 0.1) is 24.5 Å². The third-order valence-electron chi connectivity index (χ3n) is 5.05. The molecule has 2 aliphatic rings. The van der Waals surface area contributed by atoms with Crippen LogP contribution in [0.2, 0.25) is 0 Å². The fourth-order valence-corrected chi connectivity index (χ4v) is 4.24. The molecule has 0 aromatic carbocycles. The lowest BCUT2D eigenvalue weighted by Gasteiger charge is -2.34. The smallest absolute Gasteiger partial charge is 0.254 e. The van der Waals surface area contributed by atoms with E-state index in [9.17, 15) is 4.79 Å². The first kappa shape index (κ1) is 18.1. The summed E-state index contributed by atoms with van der Waals surface area (Å²) in [7, 11) is 0. The van der Waals surface area contributed by atoms with Crippen LogP contribution < -0.4 is 15.1 Å². The van der Waals surface area contributed by atoms with Crippen molar-refractivity contribution < 1.29 is 9.53 Å². The molecule has 0 aliphatic carbocycles. The summed E-state index contributed by atoms with van der Waals surface area (Å²) in [5, 5.41) is 4.97. The number of aromatic nitrogens is 3. The first-order valence-electron chi connectivity index (χ1n) is 9.32. The number of hydrogen-bond donors (Lipinski definition) is 1. The first-order valence-corrected chi connectivity index (χ1v) is 10.2. The third-order valence-corrected chi connectivity index (χ3v) is 5.77. The Morgan fingerprint density at radius 1 is 1.22 bits per heavy atom. The van der Waals surface area contributed by atoms with Crippen molar-refractivity contribution in [1.82, 2.24) is 19.7 Å². The summed E-state index contributed by atoms with van der Waals surface area (Å²) in [6, 6.07) is 2.15. The van der Waals surface area contributed by atoms with E-state index in [0.717, 1.165) is 69.6 Å². The molecule has 1 N–H and O–H groups in total. The first-order chi connectivity index (χ1) is 13.2. The summed E-state index contributed by atoms with van der Waals surface area (Å²) in [6.07, 6.45) is 3.62. The van der Waals surface area contributed by atoms with Crippen LogP contribution >= 0.6 is 11.5 Å². The second-order valence-electron chi connectivity index (χ2n) is 6.91. The molecule has 8 nitrogen and oxygen atoms in total. The molecule has 4 heterocycles. The largest absolute Gasteiger partial charge is 0.378 e. The van der Waals surface area contributed by atoms with E-state index in [1.165, 1.54) is 11.5 Å². The highest BCUT2D eigenvalue weighted by molar-refractivity contribution is 7.03. The lowest BCUT2D eigenvalue weighted by atomic mass is 10.1. The summed E-state index contributed by atoms with van der Waals surface area (Å²) in [5.74, 6) is 1.82. The van der Waals surface area contributed by atoms with E-state index in [-0.39, 0.29) is 11.9 Å². The van der Waals surface area contributed by atoms with Gasteiger partial charge in [0.1, 0.15) is 18.0 Å². The molecule has 2 aromatic heterocycles. The Balaban J connectivity index is 1.42. The van der Waals surface area contributed by atoms with E-state index < -0.39 is 0 Å². The standard InChI is InChI=1S/C18H24N6O2S/c1-13-15(11-27-22-13)18(25)21-14-3-2-4-24(10-14)17-9-16(19-12-20-17)23-5-7-26-8-6-23/h9,11-12,14H,2-8,10H2,1H3,(H,21,25). The van der Waals surface area contributed by atoms with Crippen molar-refractivity contribution in [3.8, 4) is 0 Å². The van der Waals surface area contributed by atoms with Gasteiger partial charge in [-0.25, -0.2) is 9.97 Å². The Bertz CT molecular complexity index is 792. The number of ether oxygens (including phenoxy) is 1. The van der Waals surface area contributed by atoms with E-state index in [4.69, 9.17) is 4.74 Å². The van der Waals surface area contributed by atoms with Crippen molar-refractivity contribution in [2.24, 2.45) is 0 Å². The Hall–Kier alpha value is -2.26. The van der Waals surface area contributed by atoms with Gasteiger partial charge in [-0.05, 0) is 31.3 Å². The van der Waals surface area contributed by atoms with E-state index in [2.05, 4.69) is 29.5 Å². The number of anilines is 2. The minimum Gasteiger partial charge on any atom is -0.378 e. The summed E-state index contributed by atoms with van der Waals surface area (Å²) in [5.41, 5.74) is 1.46. The minimum absolute atomic E-state index is 0.0372. The van der Waals surface area contributed by atoms with Crippen LogP contribution in [0, 0.1) is 6.92 Å². The molecule has 0 saturated carbocycles. The molecule has 9 heteroatoms. The van der Waals surface area contributed by atoms with Crippen LogP contribution in [0.5, 0.6) is 0 Å². The molecule has 2 fully saturated rings. The van der Waals surface area contributed by atoms with E-state index in [1.54, 1.807) is 6.33 Å². The zero-order valence-electron chi connectivity index (χ0n) is 15.4. The molecule has 4 rings (SSSR count). The predicted molar refractivity (Wildman–Crippen MR) is 105 cm³/mol. The van der Waals surface area contributed by atoms with Crippen LogP contribution in [0.3, 0.4) is 0 Å². The third kappa shape index (κ3) is 4.19. The number of piperidine rings is 1. The minimum atomic E-state index is -0.0372. The normalized spacial score (nSPS) is 20.6. The van der Waals surface area contributed by atoms with E-state index in [1.807, 2.05) is 18.4 Å². The monoisotopic (exact) mass is 388 g/mol. The Labute approximate surface area is 162 Å². The van der Waals surface area contributed by atoms with Crippen LogP contribution in [-0.2, 0) is 4.74 Å². The highest BCUT2D eigenvalue weighted by Crippen LogP contribution is 2.22. The fourth-order valence-electron chi connectivity index (χ4n) is 3.55. The van der Waals surface area contributed by atoms with E-state index >= 15 is 0 Å². The van der Waals surface area contributed by atoms with Crippen molar-refractivity contribution in [3.05, 3.63) is 29.0 Å². The fraction of sp³-hybridized carbons (Fsp3) is 0.556. The van der Waals surface area contributed by atoms with Crippen molar-refractivity contribution in [3.63, 3.8) is 0 Å². The maximum atomic E-state index is 12.5. The zero-order valence-corrected chi connectivity index (χ0v) is 16.2. The summed E-state index contributed by atoms with van der Waals surface area (Å²) < 4.78 is 9.61. The number of rotatable bonds is 4. The Morgan fingerprint density at radius 2 is 2.00 bits per heavy atom. The lowest BCUT2D eigenvalue weighted by molar-refractivity contribution is 0.0932. The number of nitrogens with zero attached hydrogens (tertiary/aromatic N) is 5. The molecule has 2 aliphatic heterocycles. The van der Waals surface area contributed by atoms with Crippen molar-refractivity contribution in [1.29, 1.82) is 0 Å². The molecule has 1 atom stereocenters. The highest BCUT2D eigenvalue weighted by atomic mass is 32.1. The molecule has 27 heavy (non-hydrogen) atoms. The van der Waals surface area contributed by atoms with Gasteiger partial charge in [0.15, 0.2) is 0 Å². The topological polar surface area (TPSA) is 83.5 Å². The average molecular weight is 388 g/mol. The molecule has 1 unspecified atom stereocenters. The number of morpholine rings is 1. The lowest BCUT2D eigenvalue weighted by Crippen LogP contribution is -2.48. The van der Waals surface area contributed by atoms with Gasteiger partial charge in [0, 0.05) is 43.7 Å². The molecule has 2 aromatic rings. The molecule has 144 valence electrons. The van der Waals surface area contributed by atoms with Gasteiger partial charge >= 0.3 is 0 Å². The van der Waals surface area contributed by atoms with Crippen LogP contribution in [-0.4, -0.2) is 65.7 Å². The van der Waals surface area contributed by atoms with Gasteiger partial charge in [-0.3, -0.25) is 4.79 Å². The van der Waals surface area contributed by atoms with Gasteiger partial charge < -0.3 is 19.9 Å². The number of carbonyl (C=O) groups excluding carboxylic acids is 1. The number of aryl methyl sites for hydroxylation is 1. The Kier molecular flexibility index (Phi) is 5.49. The quantitative estimate of drug-likeness (QED) is 0.849. The van der Waals surface area contributed by atoms with Gasteiger partial charge in [0.25, 0.3) is 5.91 Å². The highest BCUT2D eigenvalue weighted by Gasteiger charge is 2.24. The van der Waals surface area contributed by atoms with Crippen LogP contribution in [0.1, 0.15) is 28.9 Å². The maximum Gasteiger partial charge on any atom is 0.254 e. The number of amides is 1. The molecule has 0 radical (unpaired) electrons. The average Bonchev–Trinajstić information content (AvgIpc) is 3.15. The maximum absolute atomic E-state index is 12.5. The SMILES string of the molecule is Cc1nscc1C(=O)NC1CCCN(c2cc(N3CCOCC3)ncn2)C1. The number of nitrogens with one attached hydrogen (secondary N) is 1. The number of hydrogen-bond acceptors (Lipinski definition) is 8. The number of carbonyl (C=O) groups is 1. The predicted octanol–water partition coefficient (Wildman–Crippen LogP) is 1.48. The van der Waals surface area contributed by atoms with Crippen molar-refractivity contribution in [2.45, 2.75) is 25.8 Å². The summed E-state index contributed by atoms with van der Waals surface area (Å²) >= 11 is 1.32.